The van der Waals surface area contributed by atoms with Crippen molar-refractivity contribution in [3.8, 4) is 0 Å². The number of hydrogen-bond donors (Lipinski definition) is 0. The minimum absolute atomic E-state index is 0.664. The van der Waals surface area contributed by atoms with Gasteiger partial charge in [0.05, 0.1) is 0 Å². The third kappa shape index (κ3) is 8.72. The molecule has 0 aliphatic carbocycles. The monoisotopic (exact) mass is 468 g/mol. The number of rotatable bonds is 18. The fourth-order valence-corrected chi connectivity index (χ4v) is 11.8. The van der Waals surface area contributed by atoms with E-state index in [9.17, 15) is 0 Å². The topological polar surface area (TPSA) is 34.2 Å². The lowest BCUT2D eigenvalue weighted by Gasteiger charge is -2.43. The molecule has 0 heterocycles. The predicted molar refractivity (Wildman–Crippen MR) is 137 cm³/mol. The molecule has 0 aliphatic heterocycles. The molecule has 0 unspecified atom stereocenters. The van der Waals surface area contributed by atoms with Crippen LogP contribution >= 0.6 is 0 Å². The second-order valence-electron chi connectivity index (χ2n) is 8.57. The van der Waals surface area contributed by atoms with Gasteiger partial charge in [-0.05, 0) is 66.6 Å². The van der Waals surface area contributed by atoms with Crippen LogP contribution in [0.25, 0.3) is 0 Å². The van der Waals surface area contributed by atoms with E-state index in [0.29, 0.717) is 19.8 Å². The van der Waals surface area contributed by atoms with Crippen LogP contribution in [0.3, 0.4) is 0 Å². The van der Waals surface area contributed by atoms with Gasteiger partial charge < -0.3 is 22.4 Å². The maximum atomic E-state index is 5.97. The van der Waals surface area contributed by atoms with E-state index < -0.39 is 17.2 Å². The van der Waals surface area contributed by atoms with Crippen molar-refractivity contribution in [2.75, 3.05) is 48.0 Å². The Morgan fingerprint density at radius 2 is 1.03 bits per heavy atom. The van der Waals surface area contributed by atoms with Crippen molar-refractivity contribution in [2.45, 2.75) is 71.4 Å². The maximum Gasteiger partial charge on any atom is 0.500 e. The first-order valence-electron chi connectivity index (χ1n) is 12.2. The first kappa shape index (κ1) is 28.5. The molecule has 0 fully saturated rings. The Kier molecular flexibility index (Phi) is 14.1. The van der Waals surface area contributed by atoms with E-state index in [1.807, 2.05) is 20.8 Å². The van der Waals surface area contributed by atoms with Gasteiger partial charge in [0.2, 0.25) is 8.40 Å². The molecule has 0 spiro atoms. The van der Waals surface area contributed by atoms with E-state index in [4.69, 9.17) is 13.3 Å². The highest BCUT2D eigenvalue weighted by Gasteiger charge is 2.41. The highest BCUT2D eigenvalue weighted by Crippen LogP contribution is 2.23. The largest absolute Gasteiger partial charge is 0.500 e. The van der Waals surface area contributed by atoms with E-state index in [1.165, 1.54) is 43.3 Å². The smallest absolute Gasteiger partial charge is 0.374 e. The highest BCUT2D eigenvalue weighted by atomic mass is 28.4. The van der Waals surface area contributed by atoms with Gasteiger partial charge in [-0.3, -0.25) is 0 Å². The average Bonchev–Trinajstić information content (AvgIpc) is 2.73. The van der Waals surface area contributed by atoms with Crippen LogP contribution in [-0.2, 0) is 13.3 Å². The summed E-state index contributed by atoms with van der Waals surface area (Å²) in [6, 6.07) is 13.3. The molecule has 0 aliphatic rings. The Balaban J connectivity index is 2.46. The van der Waals surface area contributed by atoms with Crippen LogP contribution in [0.1, 0.15) is 59.3 Å². The first-order valence-corrected chi connectivity index (χ1v) is 16.2. The van der Waals surface area contributed by atoms with Gasteiger partial charge in [0.25, 0.3) is 0 Å². The zero-order valence-electron chi connectivity index (χ0n) is 21.3. The van der Waals surface area contributed by atoms with E-state index >= 15 is 0 Å². The second-order valence-corrected chi connectivity index (χ2v) is 15.8. The fraction of sp³-hybridized carbons (Fsp3) is 0.750. The Morgan fingerprint density at radius 3 is 1.45 bits per heavy atom. The Labute approximate surface area is 194 Å². The van der Waals surface area contributed by atoms with Crippen molar-refractivity contribution in [3.63, 3.8) is 0 Å². The molecule has 7 heteroatoms. The molecular formula is C24H48N2O3Si2. The molecule has 0 aromatic heterocycles. The van der Waals surface area contributed by atoms with Gasteiger partial charge in [-0.2, -0.15) is 0 Å². The van der Waals surface area contributed by atoms with E-state index in [1.54, 1.807) is 0 Å². The summed E-state index contributed by atoms with van der Waals surface area (Å²) in [5.74, 6) is 0. The van der Waals surface area contributed by atoms with Crippen LogP contribution in [0.5, 0.6) is 0 Å². The van der Waals surface area contributed by atoms with Crippen molar-refractivity contribution in [2.24, 2.45) is 0 Å². The number of unbranched alkanes of at least 4 members (excludes halogenated alkanes) is 5. The molecule has 0 N–H and O–H groups in total. The minimum atomic E-state index is -2.46. The fourth-order valence-electron chi connectivity index (χ4n) is 4.63. The van der Waals surface area contributed by atoms with Crippen molar-refractivity contribution in [1.29, 1.82) is 0 Å². The molecule has 31 heavy (non-hydrogen) atoms. The zero-order chi connectivity index (χ0) is 23.2. The predicted octanol–water partition coefficient (Wildman–Crippen LogP) is 4.85. The van der Waals surface area contributed by atoms with Crippen molar-refractivity contribution >= 4 is 22.4 Å². The van der Waals surface area contributed by atoms with Crippen molar-refractivity contribution < 1.29 is 13.3 Å². The highest BCUT2D eigenvalue weighted by molar-refractivity contribution is 6.87. The van der Waals surface area contributed by atoms with E-state index in [2.05, 4.69) is 67.7 Å². The molecule has 0 bridgehead atoms. The van der Waals surface area contributed by atoms with Crippen LogP contribution in [0.4, 0.5) is 0 Å². The second kappa shape index (κ2) is 15.3. The van der Waals surface area contributed by atoms with Crippen LogP contribution in [0.15, 0.2) is 30.3 Å². The van der Waals surface area contributed by atoms with Gasteiger partial charge in [0.1, 0.15) is 0 Å². The van der Waals surface area contributed by atoms with Gasteiger partial charge in [0, 0.05) is 25.9 Å². The summed E-state index contributed by atoms with van der Waals surface area (Å²) in [7, 11) is 4.72. The normalized spacial score (nSPS) is 12.8. The maximum absolute atomic E-state index is 5.97. The van der Waals surface area contributed by atoms with Crippen molar-refractivity contribution in [3.05, 3.63) is 30.3 Å². The number of hydrogen-bond acceptors (Lipinski definition) is 5. The minimum Gasteiger partial charge on any atom is -0.374 e. The molecule has 0 saturated heterocycles. The molecule has 1 aromatic carbocycles. The molecule has 5 nitrogen and oxygen atoms in total. The van der Waals surface area contributed by atoms with Crippen LogP contribution in [0.2, 0.25) is 12.1 Å². The summed E-state index contributed by atoms with van der Waals surface area (Å²) in [4.78, 5) is 0. The average molecular weight is 469 g/mol. The summed E-state index contributed by atoms with van der Waals surface area (Å²) in [6.07, 6.45) is 7.52. The van der Waals surface area contributed by atoms with Gasteiger partial charge in [-0.1, -0.05) is 62.4 Å². The third-order valence-corrected chi connectivity index (χ3v) is 14.5. The van der Waals surface area contributed by atoms with E-state index in [0.717, 1.165) is 12.5 Å². The summed E-state index contributed by atoms with van der Waals surface area (Å²) >= 11 is 0. The molecule has 1 rings (SSSR count). The van der Waals surface area contributed by atoms with Gasteiger partial charge in [0.15, 0.2) is 0 Å². The standard InChI is InChI=1S/C24H48N2O3Si2/c1-8-27-31(28-9-2,29-10-3)23-19-14-12-11-13-18-22-30(25(4)5,26(6)7)24-20-16-15-17-21-24/h15-17,20-21H,8-14,18-19,22-23H2,1-7H3. The lowest BCUT2D eigenvalue weighted by Crippen LogP contribution is -2.68. The number of benzene rings is 1. The van der Waals surface area contributed by atoms with E-state index in [-0.39, 0.29) is 0 Å². The molecule has 0 amide bonds. The summed E-state index contributed by atoms with van der Waals surface area (Å²) in [5.41, 5.74) is 0. The SMILES string of the molecule is CCO[Si](CCCCCCCC[Si](c1ccccc1)(N(C)C)N(C)C)(OCC)OCC. The quantitative estimate of drug-likeness (QED) is 0.227. The molecular weight excluding hydrogens is 420 g/mol. The summed E-state index contributed by atoms with van der Waals surface area (Å²) in [5, 5.41) is 1.51. The van der Waals surface area contributed by atoms with Crippen LogP contribution in [0, 0.1) is 0 Å². The molecule has 180 valence electrons. The lowest BCUT2D eigenvalue weighted by molar-refractivity contribution is 0.0706. The van der Waals surface area contributed by atoms with Crippen molar-refractivity contribution in [1.82, 2.24) is 9.13 Å². The Morgan fingerprint density at radius 1 is 0.613 bits per heavy atom. The van der Waals surface area contributed by atoms with Gasteiger partial charge in [-0.15, -0.1) is 0 Å². The number of nitrogens with zero attached hydrogens (tertiary/aromatic N) is 2. The first-order chi connectivity index (χ1) is 14.9. The molecule has 1 aromatic rings. The van der Waals surface area contributed by atoms with Crippen LogP contribution < -0.4 is 5.19 Å². The summed E-state index contributed by atoms with van der Waals surface area (Å²) in [6.45, 7) is 8.07. The van der Waals surface area contributed by atoms with Gasteiger partial charge >= 0.3 is 8.80 Å². The Hall–Kier alpha value is -0.546. The lowest BCUT2D eigenvalue weighted by atomic mass is 10.1. The Bertz CT molecular complexity index is 548. The zero-order valence-corrected chi connectivity index (χ0v) is 23.3. The van der Waals surface area contributed by atoms with Gasteiger partial charge in [-0.25, -0.2) is 0 Å². The molecule has 0 radical (unpaired) electrons. The van der Waals surface area contributed by atoms with Crippen LogP contribution in [-0.4, -0.2) is 74.3 Å². The summed E-state index contributed by atoms with van der Waals surface area (Å²) < 4.78 is 22.9. The third-order valence-electron chi connectivity index (χ3n) is 6.07. The molecule has 0 saturated carbocycles. The molecule has 0 atom stereocenters.